The molecule has 0 bridgehead atoms. The van der Waals surface area contributed by atoms with Crippen LogP contribution in [0.4, 0.5) is 5.69 Å². The van der Waals surface area contributed by atoms with Crippen molar-refractivity contribution in [2.75, 3.05) is 5.73 Å². The number of anilines is 1. The standard InChI is InChI=1S/C14H12BrNO3/c15-10-3-1-2-9(6-10)8-19-14(18)12-7-11(16)4-5-13(12)17/h1-7,17H,8,16H2. The Morgan fingerprint density at radius 3 is 2.79 bits per heavy atom. The van der Waals surface area contributed by atoms with Crippen molar-refractivity contribution in [3.8, 4) is 5.75 Å². The lowest BCUT2D eigenvalue weighted by molar-refractivity contribution is 0.0469. The monoisotopic (exact) mass is 321 g/mol. The molecule has 2 aromatic rings. The number of nitrogen functional groups attached to an aromatic ring is 1. The first-order valence-corrected chi connectivity index (χ1v) is 6.35. The van der Waals surface area contributed by atoms with Gasteiger partial charge in [0, 0.05) is 10.2 Å². The van der Waals surface area contributed by atoms with Gasteiger partial charge in [-0.25, -0.2) is 4.79 Å². The normalized spacial score (nSPS) is 10.2. The maximum Gasteiger partial charge on any atom is 0.342 e. The quantitative estimate of drug-likeness (QED) is 0.517. The molecule has 0 radical (unpaired) electrons. The Balaban J connectivity index is 2.07. The van der Waals surface area contributed by atoms with Gasteiger partial charge in [-0.2, -0.15) is 0 Å². The number of hydrogen-bond donors (Lipinski definition) is 2. The molecule has 5 heteroatoms. The van der Waals surface area contributed by atoms with Gasteiger partial charge in [0.15, 0.2) is 0 Å². The number of halogens is 1. The van der Waals surface area contributed by atoms with Crippen molar-refractivity contribution in [3.05, 3.63) is 58.1 Å². The minimum Gasteiger partial charge on any atom is -0.507 e. The molecule has 2 aromatic carbocycles. The molecule has 4 nitrogen and oxygen atoms in total. The molecule has 0 spiro atoms. The highest BCUT2D eigenvalue weighted by Gasteiger charge is 2.13. The van der Waals surface area contributed by atoms with Crippen molar-refractivity contribution >= 4 is 27.6 Å². The largest absolute Gasteiger partial charge is 0.507 e. The molecular formula is C14H12BrNO3. The second-order valence-corrected chi connectivity index (χ2v) is 4.90. The number of aromatic hydroxyl groups is 1. The van der Waals surface area contributed by atoms with Gasteiger partial charge in [-0.15, -0.1) is 0 Å². The van der Waals surface area contributed by atoms with Crippen molar-refractivity contribution in [3.63, 3.8) is 0 Å². The molecule has 0 aliphatic rings. The first kappa shape index (κ1) is 13.4. The number of phenolic OH excluding ortho intramolecular Hbond substituents is 1. The smallest absolute Gasteiger partial charge is 0.342 e. The summed E-state index contributed by atoms with van der Waals surface area (Å²) in [4.78, 5) is 11.8. The number of carbonyl (C=O) groups excluding carboxylic acids is 1. The molecule has 2 rings (SSSR count). The zero-order valence-corrected chi connectivity index (χ0v) is 11.6. The first-order chi connectivity index (χ1) is 9.06. The Bertz CT molecular complexity index is 613. The van der Waals surface area contributed by atoms with E-state index in [4.69, 9.17) is 10.5 Å². The van der Waals surface area contributed by atoms with Crippen LogP contribution in [0.2, 0.25) is 0 Å². The average molecular weight is 322 g/mol. The number of esters is 1. The second kappa shape index (κ2) is 5.75. The SMILES string of the molecule is Nc1ccc(O)c(C(=O)OCc2cccc(Br)c2)c1. The van der Waals surface area contributed by atoms with E-state index >= 15 is 0 Å². The van der Waals surface area contributed by atoms with Crippen LogP contribution in [0.5, 0.6) is 5.75 Å². The summed E-state index contributed by atoms with van der Waals surface area (Å²) in [7, 11) is 0. The molecule has 0 saturated carbocycles. The van der Waals surface area contributed by atoms with Crippen LogP contribution < -0.4 is 5.73 Å². The van der Waals surface area contributed by atoms with Crippen molar-refractivity contribution in [2.24, 2.45) is 0 Å². The van der Waals surface area contributed by atoms with E-state index in [0.717, 1.165) is 10.0 Å². The maximum absolute atomic E-state index is 11.8. The van der Waals surface area contributed by atoms with E-state index in [2.05, 4.69) is 15.9 Å². The number of benzene rings is 2. The van der Waals surface area contributed by atoms with Crippen LogP contribution in [0.15, 0.2) is 46.9 Å². The van der Waals surface area contributed by atoms with E-state index in [1.807, 2.05) is 24.3 Å². The minimum atomic E-state index is -0.607. The fourth-order valence-corrected chi connectivity index (χ4v) is 2.02. The summed E-state index contributed by atoms with van der Waals surface area (Å²) in [5, 5.41) is 9.58. The topological polar surface area (TPSA) is 72.5 Å². The summed E-state index contributed by atoms with van der Waals surface area (Å²) >= 11 is 3.34. The Morgan fingerprint density at radius 1 is 1.26 bits per heavy atom. The molecule has 0 atom stereocenters. The fourth-order valence-electron chi connectivity index (χ4n) is 1.57. The maximum atomic E-state index is 11.8. The van der Waals surface area contributed by atoms with Crippen LogP contribution in [0.25, 0.3) is 0 Å². The molecule has 0 aliphatic heterocycles. The van der Waals surface area contributed by atoms with E-state index < -0.39 is 5.97 Å². The van der Waals surface area contributed by atoms with E-state index in [-0.39, 0.29) is 17.9 Å². The highest BCUT2D eigenvalue weighted by molar-refractivity contribution is 9.10. The van der Waals surface area contributed by atoms with Crippen molar-refractivity contribution in [2.45, 2.75) is 6.61 Å². The minimum absolute atomic E-state index is 0.0648. The summed E-state index contributed by atoms with van der Waals surface area (Å²) in [6.45, 7) is 0.131. The van der Waals surface area contributed by atoms with Gasteiger partial charge in [0.05, 0.1) is 0 Å². The number of nitrogens with two attached hydrogens (primary N) is 1. The van der Waals surface area contributed by atoms with Gasteiger partial charge in [-0.05, 0) is 35.9 Å². The first-order valence-electron chi connectivity index (χ1n) is 5.56. The van der Waals surface area contributed by atoms with Gasteiger partial charge < -0.3 is 15.6 Å². The summed E-state index contributed by atoms with van der Waals surface area (Å²) < 4.78 is 6.04. The molecule has 3 N–H and O–H groups in total. The predicted octanol–water partition coefficient (Wildman–Crippen LogP) is 3.09. The van der Waals surface area contributed by atoms with E-state index in [1.165, 1.54) is 18.2 Å². The van der Waals surface area contributed by atoms with E-state index in [1.54, 1.807) is 0 Å². The number of rotatable bonds is 3. The lowest BCUT2D eigenvalue weighted by Crippen LogP contribution is -2.06. The van der Waals surface area contributed by atoms with Crippen LogP contribution in [-0.4, -0.2) is 11.1 Å². The van der Waals surface area contributed by atoms with Crippen LogP contribution >= 0.6 is 15.9 Å². The summed E-state index contributed by atoms with van der Waals surface area (Å²) in [6, 6.07) is 11.7. The van der Waals surface area contributed by atoms with Crippen LogP contribution in [0.1, 0.15) is 15.9 Å². The summed E-state index contributed by atoms with van der Waals surface area (Å²) in [5.41, 5.74) is 6.88. The molecule has 98 valence electrons. The molecule has 0 saturated heterocycles. The van der Waals surface area contributed by atoms with Crippen LogP contribution in [-0.2, 0) is 11.3 Å². The number of hydrogen-bond acceptors (Lipinski definition) is 4. The van der Waals surface area contributed by atoms with Gasteiger partial charge in [0.2, 0.25) is 0 Å². The number of phenols is 1. The third-order valence-corrected chi connectivity index (χ3v) is 2.99. The molecule has 19 heavy (non-hydrogen) atoms. The van der Waals surface area contributed by atoms with Gasteiger partial charge in [-0.3, -0.25) is 0 Å². The third-order valence-electron chi connectivity index (χ3n) is 2.50. The second-order valence-electron chi connectivity index (χ2n) is 3.98. The number of ether oxygens (including phenoxy) is 1. The molecule has 0 aromatic heterocycles. The average Bonchev–Trinajstić information content (AvgIpc) is 2.39. The fraction of sp³-hybridized carbons (Fsp3) is 0.0714. The summed E-state index contributed by atoms with van der Waals surface area (Å²) in [5.74, 6) is -0.752. The Kier molecular flexibility index (Phi) is 4.06. The molecule has 0 fully saturated rings. The molecule has 0 amide bonds. The van der Waals surface area contributed by atoms with Crippen LogP contribution in [0.3, 0.4) is 0 Å². The third kappa shape index (κ3) is 3.48. The van der Waals surface area contributed by atoms with E-state index in [9.17, 15) is 9.90 Å². The molecule has 0 heterocycles. The highest BCUT2D eigenvalue weighted by atomic mass is 79.9. The van der Waals surface area contributed by atoms with Gasteiger partial charge in [-0.1, -0.05) is 28.1 Å². The molecular weight excluding hydrogens is 310 g/mol. The van der Waals surface area contributed by atoms with E-state index in [0.29, 0.717) is 5.69 Å². The van der Waals surface area contributed by atoms with Gasteiger partial charge in [0.25, 0.3) is 0 Å². The molecule has 0 aliphatic carbocycles. The lowest BCUT2D eigenvalue weighted by atomic mass is 10.2. The lowest BCUT2D eigenvalue weighted by Gasteiger charge is -2.07. The van der Waals surface area contributed by atoms with Gasteiger partial charge in [0.1, 0.15) is 17.9 Å². The Hall–Kier alpha value is -2.01. The Morgan fingerprint density at radius 2 is 2.05 bits per heavy atom. The van der Waals surface area contributed by atoms with Gasteiger partial charge >= 0.3 is 5.97 Å². The van der Waals surface area contributed by atoms with Crippen molar-refractivity contribution in [1.82, 2.24) is 0 Å². The molecule has 0 unspecified atom stereocenters. The number of carbonyl (C=O) groups is 1. The highest BCUT2D eigenvalue weighted by Crippen LogP contribution is 2.21. The van der Waals surface area contributed by atoms with Crippen molar-refractivity contribution < 1.29 is 14.6 Å². The van der Waals surface area contributed by atoms with Crippen molar-refractivity contribution in [1.29, 1.82) is 0 Å². The Labute approximate surface area is 118 Å². The predicted molar refractivity (Wildman–Crippen MR) is 75.8 cm³/mol. The zero-order chi connectivity index (χ0) is 13.8. The van der Waals surface area contributed by atoms with Crippen LogP contribution in [0, 0.1) is 0 Å². The zero-order valence-electron chi connectivity index (χ0n) is 9.97. The summed E-state index contributed by atoms with van der Waals surface area (Å²) in [6.07, 6.45) is 0.